The third-order valence-electron chi connectivity index (χ3n) is 8.39. The van der Waals surface area contributed by atoms with E-state index in [2.05, 4.69) is 6.58 Å². The molecule has 1 spiro atoms. The minimum atomic E-state index is -2.12. The number of hydrogen-bond acceptors (Lipinski definition) is 10. The van der Waals surface area contributed by atoms with Crippen molar-refractivity contribution >= 4 is 35.5 Å². The molecule has 4 aliphatic rings. The Hall–Kier alpha value is -2.43. The number of esters is 4. The summed E-state index contributed by atoms with van der Waals surface area (Å²) in [5, 5.41) is 11.3. The zero-order chi connectivity index (χ0) is 27.5. The first kappa shape index (κ1) is 27.6. The van der Waals surface area contributed by atoms with Crippen molar-refractivity contribution in [2.24, 2.45) is 17.3 Å². The van der Waals surface area contributed by atoms with Crippen molar-refractivity contribution in [3.05, 3.63) is 24.3 Å². The van der Waals surface area contributed by atoms with E-state index in [9.17, 15) is 24.3 Å². The van der Waals surface area contributed by atoms with Crippen LogP contribution in [0.4, 0.5) is 0 Å². The molecule has 2 heterocycles. The summed E-state index contributed by atoms with van der Waals surface area (Å²) < 4.78 is 29.0. The van der Waals surface area contributed by atoms with Crippen LogP contribution in [0.5, 0.6) is 0 Å². The second kappa shape index (κ2) is 9.39. The highest BCUT2D eigenvalue weighted by atomic mass is 35.5. The van der Waals surface area contributed by atoms with Gasteiger partial charge in [0.15, 0.2) is 11.7 Å². The summed E-state index contributed by atoms with van der Waals surface area (Å²) in [5.74, 6) is -4.66. The number of halogens is 1. The molecule has 0 bridgehead atoms. The number of rotatable bonds is 3. The van der Waals surface area contributed by atoms with Crippen LogP contribution < -0.4 is 0 Å². The molecule has 0 amide bonds. The van der Waals surface area contributed by atoms with Gasteiger partial charge in [0.05, 0.1) is 28.9 Å². The second-order valence-corrected chi connectivity index (χ2v) is 11.2. The third kappa shape index (κ3) is 4.36. The molecule has 0 aromatic heterocycles. The summed E-state index contributed by atoms with van der Waals surface area (Å²) in [4.78, 5) is 49.9. The molecule has 11 heteroatoms. The zero-order valence-corrected chi connectivity index (χ0v) is 22.3. The molecule has 204 valence electrons. The number of carbonyl (C=O) groups is 4. The lowest BCUT2D eigenvalue weighted by atomic mass is 9.53. The maximum absolute atomic E-state index is 12.9. The van der Waals surface area contributed by atoms with Crippen LogP contribution in [-0.4, -0.2) is 76.6 Å². The number of aliphatic hydroxyl groups is 1. The van der Waals surface area contributed by atoms with Crippen molar-refractivity contribution in [2.75, 3.05) is 6.61 Å². The van der Waals surface area contributed by atoms with E-state index >= 15 is 0 Å². The monoisotopic (exact) mass is 540 g/mol. The van der Waals surface area contributed by atoms with E-state index in [-0.39, 0.29) is 12.2 Å². The Balaban J connectivity index is 2.04. The normalized spacial score (nSPS) is 45.6. The Morgan fingerprint density at radius 2 is 1.73 bits per heavy atom. The lowest BCUT2D eigenvalue weighted by molar-refractivity contribution is -0.238. The van der Waals surface area contributed by atoms with Crippen molar-refractivity contribution in [1.82, 2.24) is 0 Å². The molecule has 37 heavy (non-hydrogen) atoms. The summed E-state index contributed by atoms with van der Waals surface area (Å²) in [6, 6.07) is 0. The summed E-state index contributed by atoms with van der Waals surface area (Å²) >= 11 is 6.70. The standard InChI is InChI=1S/C26H33ClO10/c1-12-7-8-17(34-14(3)28)24(6)18(35-15(4)29)9-10-25(11-33-25)20(24)22(36-16(5)30)26(32)13(2)23(31)37-21(26)19(12)27/h7-8,13,17-22,32H,1,9-11H2,2-6H3/b8-7-/t13-,17+,18-,19-,20+,21-,22+,24-,25-,26-/m0/s1. The predicted molar refractivity (Wildman–Crippen MR) is 128 cm³/mol. The van der Waals surface area contributed by atoms with Gasteiger partial charge in [-0.05, 0) is 31.4 Å². The van der Waals surface area contributed by atoms with Crippen molar-refractivity contribution in [3.63, 3.8) is 0 Å². The van der Waals surface area contributed by atoms with Gasteiger partial charge >= 0.3 is 23.9 Å². The van der Waals surface area contributed by atoms with Crippen LogP contribution in [-0.2, 0) is 42.9 Å². The van der Waals surface area contributed by atoms with Gasteiger partial charge in [0, 0.05) is 26.7 Å². The molecule has 2 aliphatic heterocycles. The lowest BCUT2D eigenvalue weighted by Crippen LogP contribution is -2.70. The molecule has 10 atom stereocenters. The first-order valence-corrected chi connectivity index (χ1v) is 12.7. The molecule has 3 fully saturated rings. The SMILES string of the molecule is C=C1/C=C\[C@@H](OC(C)=O)[C@@]2(C)[C@@H](OC(C)=O)CC[C@]3(CO3)[C@@H]2[C@@H](OC(C)=O)[C@]2(O)[C@@H](C)C(=O)O[C@H]2[C@H]1Cl. The van der Waals surface area contributed by atoms with E-state index in [4.69, 9.17) is 35.3 Å². The molecule has 2 saturated heterocycles. The fourth-order valence-corrected chi connectivity index (χ4v) is 6.82. The van der Waals surface area contributed by atoms with Gasteiger partial charge in [0.25, 0.3) is 0 Å². The number of hydrogen-bond donors (Lipinski definition) is 1. The smallest absolute Gasteiger partial charge is 0.312 e. The molecular weight excluding hydrogens is 508 g/mol. The average molecular weight is 541 g/mol. The van der Waals surface area contributed by atoms with Crippen LogP contribution in [0.2, 0.25) is 0 Å². The molecule has 0 aromatic rings. The van der Waals surface area contributed by atoms with E-state index in [0.717, 1.165) is 0 Å². The highest BCUT2D eigenvalue weighted by molar-refractivity contribution is 6.23. The van der Waals surface area contributed by atoms with Crippen molar-refractivity contribution < 1.29 is 48.0 Å². The Bertz CT molecular complexity index is 1050. The summed E-state index contributed by atoms with van der Waals surface area (Å²) in [6.45, 7) is 11.1. The first-order chi connectivity index (χ1) is 17.2. The van der Waals surface area contributed by atoms with Gasteiger partial charge in [0.1, 0.15) is 18.3 Å². The van der Waals surface area contributed by atoms with Crippen LogP contribution in [0.25, 0.3) is 0 Å². The van der Waals surface area contributed by atoms with E-state index < -0.39 is 82.1 Å². The topological polar surface area (TPSA) is 138 Å². The van der Waals surface area contributed by atoms with Gasteiger partial charge < -0.3 is 28.8 Å². The minimum absolute atomic E-state index is 0.259. The van der Waals surface area contributed by atoms with Crippen molar-refractivity contribution in [2.45, 2.75) is 88.5 Å². The molecule has 1 saturated carbocycles. The summed E-state index contributed by atoms with van der Waals surface area (Å²) in [5.41, 5.74) is -4.05. The molecule has 2 aliphatic carbocycles. The zero-order valence-electron chi connectivity index (χ0n) is 21.5. The highest BCUT2D eigenvalue weighted by Crippen LogP contribution is 2.62. The lowest BCUT2D eigenvalue weighted by Gasteiger charge is -2.56. The van der Waals surface area contributed by atoms with Gasteiger partial charge in [-0.25, -0.2) is 0 Å². The van der Waals surface area contributed by atoms with Gasteiger partial charge in [-0.2, -0.15) is 0 Å². The van der Waals surface area contributed by atoms with Crippen LogP contribution in [0.3, 0.4) is 0 Å². The molecule has 4 rings (SSSR count). The van der Waals surface area contributed by atoms with Crippen molar-refractivity contribution in [3.8, 4) is 0 Å². The first-order valence-electron chi connectivity index (χ1n) is 12.3. The van der Waals surface area contributed by atoms with E-state index in [0.29, 0.717) is 12.8 Å². The quantitative estimate of drug-likeness (QED) is 0.245. The second-order valence-electron chi connectivity index (χ2n) is 10.7. The fourth-order valence-electron chi connectivity index (χ4n) is 6.49. The van der Waals surface area contributed by atoms with Gasteiger partial charge in [0.2, 0.25) is 0 Å². The van der Waals surface area contributed by atoms with Gasteiger partial charge in [-0.1, -0.05) is 19.6 Å². The van der Waals surface area contributed by atoms with Crippen molar-refractivity contribution in [1.29, 1.82) is 0 Å². The Morgan fingerprint density at radius 1 is 1.14 bits per heavy atom. The van der Waals surface area contributed by atoms with Gasteiger partial charge in [-0.3, -0.25) is 19.2 Å². The number of alkyl halides is 1. The Morgan fingerprint density at radius 3 is 2.27 bits per heavy atom. The Kier molecular flexibility index (Phi) is 7.01. The number of ether oxygens (including phenoxy) is 5. The van der Waals surface area contributed by atoms with Crippen LogP contribution >= 0.6 is 11.6 Å². The average Bonchev–Trinajstić information content (AvgIpc) is 3.53. The maximum atomic E-state index is 12.9. The molecule has 0 unspecified atom stereocenters. The fraction of sp³-hybridized carbons (Fsp3) is 0.692. The number of allylic oxidation sites excluding steroid dienone is 1. The molecule has 10 nitrogen and oxygen atoms in total. The number of fused-ring (bicyclic) bond motifs is 3. The van der Waals surface area contributed by atoms with E-state index in [1.54, 1.807) is 13.0 Å². The van der Waals surface area contributed by atoms with Gasteiger partial charge in [-0.15, -0.1) is 11.6 Å². The predicted octanol–water partition coefficient (Wildman–Crippen LogP) is 1.99. The van der Waals surface area contributed by atoms with Crippen LogP contribution in [0.15, 0.2) is 24.3 Å². The molecule has 0 radical (unpaired) electrons. The summed E-state index contributed by atoms with van der Waals surface area (Å²) in [7, 11) is 0. The highest BCUT2D eigenvalue weighted by Gasteiger charge is 2.75. The van der Waals surface area contributed by atoms with Crippen LogP contribution in [0.1, 0.15) is 47.5 Å². The van der Waals surface area contributed by atoms with E-state index in [1.807, 2.05) is 0 Å². The largest absolute Gasteiger partial charge is 0.462 e. The molecular formula is C26H33ClO10. The minimum Gasteiger partial charge on any atom is -0.462 e. The number of epoxide rings is 1. The summed E-state index contributed by atoms with van der Waals surface area (Å²) in [6.07, 6.45) is -0.716. The molecule has 0 aromatic carbocycles. The van der Waals surface area contributed by atoms with Crippen LogP contribution in [0, 0.1) is 17.3 Å². The molecule has 1 N–H and O–H groups in total. The number of carbonyl (C=O) groups excluding carboxylic acids is 4. The van der Waals surface area contributed by atoms with E-state index in [1.165, 1.54) is 33.8 Å². The maximum Gasteiger partial charge on any atom is 0.312 e. The third-order valence-corrected chi connectivity index (χ3v) is 8.90. The Labute approximate surface area is 220 Å².